The fourth-order valence-electron chi connectivity index (χ4n) is 4.21. The van der Waals surface area contributed by atoms with Crippen molar-refractivity contribution in [3.8, 4) is 0 Å². The molecule has 3 unspecified atom stereocenters. The minimum Gasteiger partial charge on any atom is -0.311 e. The second-order valence-corrected chi connectivity index (χ2v) is 7.19. The molecule has 0 radical (unpaired) electrons. The largest absolute Gasteiger partial charge is 0.311 e. The Balaban J connectivity index is 2.03. The molecule has 2 fully saturated rings. The van der Waals surface area contributed by atoms with Crippen LogP contribution < -0.4 is 5.32 Å². The topological polar surface area (TPSA) is 15.3 Å². The molecule has 0 aromatic heterocycles. The van der Waals surface area contributed by atoms with Crippen molar-refractivity contribution in [3.05, 3.63) is 0 Å². The quantitative estimate of drug-likeness (QED) is 0.759. The maximum Gasteiger partial charge on any atom is 0.0249 e. The van der Waals surface area contributed by atoms with Crippen LogP contribution in [-0.2, 0) is 0 Å². The maximum absolute atomic E-state index is 3.83. The second-order valence-electron chi connectivity index (χ2n) is 7.19. The van der Waals surface area contributed by atoms with E-state index < -0.39 is 0 Å². The Morgan fingerprint density at radius 1 is 1.10 bits per heavy atom. The lowest BCUT2D eigenvalue weighted by molar-refractivity contribution is 0.0417. The Morgan fingerprint density at radius 2 is 1.80 bits per heavy atom. The monoisotopic (exact) mass is 280 g/mol. The zero-order valence-electron chi connectivity index (χ0n) is 14.0. The third kappa shape index (κ3) is 4.21. The highest BCUT2D eigenvalue weighted by atomic mass is 15.3. The van der Waals surface area contributed by atoms with Gasteiger partial charge in [-0.25, -0.2) is 0 Å². The Labute approximate surface area is 126 Å². The van der Waals surface area contributed by atoms with Crippen molar-refractivity contribution in [1.29, 1.82) is 0 Å². The lowest BCUT2D eigenvalue weighted by atomic mass is 9.90. The van der Waals surface area contributed by atoms with E-state index in [0.29, 0.717) is 0 Å². The van der Waals surface area contributed by atoms with Gasteiger partial charge in [-0.05, 0) is 25.2 Å². The van der Waals surface area contributed by atoms with Gasteiger partial charge >= 0.3 is 0 Å². The summed E-state index contributed by atoms with van der Waals surface area (Å²) in [5.74, 6) is 0.827. The van der Waals surface area contributed by atoms with Gasteiger partial charge in [0.05, 0.1) is 0 Å². The molecule has 0 spiro atoms. The van der Waals surface area contributed by atoms with E-state index in [0.717, 1.165) is 24.0 Å². The molecular weight excluding hydrogens is 244 g/mol. The van der Waals surface area contributed by atoms with Gasteiger partial charge in [-0.3, -0.25) is 4.90 Å². The molecule has 1 saturated heterocycles. The lowest BCUT2D eigenvalue weighted by Gasteiger charge is -2.47. The van der Waals surface area contributed by atoms with Crippen LogP contribution in [0.15, 0.2) is 0 Å². The third-order valence-electron chi connectivity index (χ3n) is 5.70. The smallest absolute Gasteiger partial charge is 0.0249 e. The highest BCUT2D eigenvalue weighted by molar-refractivity contribution is 4.92. The van der Waals surface area contributed by atoms with Crippen molar-refractivity contribution >= 4 is 0 Å². The summed E-state index contributed by atoms with van der Waals surface area (Å²) in [6.45, 7) is 9.65. The standard InChI is InChI=1S/C18H36N2/c1-4-10-16-14-20(17-11-8-6-7-9-12-17)18(13-19-16)15(3)5-2/h15-19H,4-14H2,1-3H3. The van der Waals surface area contributed by atoms with E-state index in [1.165, 1.54) is 70.9 Å². The first-order chi connectivity index (χ1) is 9.76. The van der Waals surface area contributed by atoms with Gasteiger partial charge in [0.15, 0.2) is 0 Å². The summed E-state index contributed by atoms with van der Waals surface area (Å²) in [5.41, 5.74) is 0. The average molecular weight is 280 g/mol. The fraction of sp³-hybridized carbons (Fsp3) is 1.00. The Hall–Kier alpha value is -0.0800. The summed E-state index contributed by atoms with van der Waals surface area (Å²) in [6, 6.07) is 2.39. The van der Waals surface area contributed by atoms with Crippen LogP contribution in [0.4, 0.5) is 0 Å². The fourth-order valence-corrected chi connectivity index (χ4v) is 4.21. The molecule has 2 rings (SSSR count). The first-order valence-corrected chi connectivity index (χ1v) is 9.25. The second kappa shape index (κ2) is 8.38. The zero-order chi connectivity index (χ0) is 14.4. The molecule has 118 valence electrons. The first-order valence-electron chi connectivity index (χ1n) is 9.25. The minimum absolute atomic E-state index is 0.739. The molecule has 1 aliphatic carbocycles. The SMILES string of the molecule is CCCC1CN(C2CCCCCC2)C(C(C)CC)CN1. The van der Waals surface area contributed by atoms with Crippen molar-refractivity contribution in [2.45, 2.75) is 96.7 Å². The van der Waals surface area contributed by atoms with Gasteiger partial charge in [0.2, 0.25) is 0 Å². The van der Waals surface area contributed by atoms with E-state index in [-0.39, 0.29) is 0 Å². The van der Waals surface area contributed by atoms with E-state index in [1.54, 1.807) is 0 Å². The van der Waals surface area contributed by atoms with Crippen LogP contribution >= 0.6 is 0 Å². The Morgan fingerprint density at radius 3 is 2.40 bits per heavy atom. The van der Waals surface area contributed by atoms with Gasteiger partial charge in [-0.2, -0.15) is 0 Å². The van der Waals surface area contributed by atoms with Crippen LogP contribution in [0, 0.1) is 5.92 Å². The number of nitrogens with one attached hydrogen (secondary N) is 1. The number of hydrogen-bond donors (Lipinski definition) is 1. The minimum atomic E-state index is 0.739. The van der Waals surface area contributed by atoms with Crippen LogP contribution in [0.5, 0.6) is 0 Å². The van der Waals surface area contributed by atoms with Crippen LogP contribution in [-0.4, -0.2) is 36.1 Å². The summed E-state index contributed by atoms with van der Waals surface area (Å²) >= 11 is 0. The lowest BCUT2D eigenvalue weighted by Crippen LogP contribution is -2.61. The first kappa shape index (κ1) is 16.3. The zero-order valence-corrected chi connectivity index (χ0v) is 14.0. The molecule has 1 aliphatic heterocycles. The molecule has 20 heavy (non-hydrogen) atoms. The van der Waals surface area contributed by atoms with Crippen molar-refractivity contribution in [3.63, 3.8) is 0 Å². The molecule has 2 heteroatoms. The van der Waals surface area contributed by atoms with Crippen molar-refractivity contribution in [2.24, 2.45) is 5.92 Å². The predicted molar refractivity (Wildman–Crippen MR) is 88.1 cm³/mol. The van der Waals surface area contributed by atoms with Crippen LogP contribution in [0.25, 0.3) is 0 Å². The highest BCUT2D eigenvalue weighted by Gasteiger charge is 2.34. The van der Waals surface area contributed by atoms with Gasteiger partial charge in [-0.1, -0.05) is 59.3 Å². The Kier molecular flexibility index (Phi) is 6.83. The maximum atomic E-state index is 3.83. The predicted octanol–water partition coefficient (Wildman–Crippen LogP) is 4.20. The van der Waals surface area contributed by atoms with Crippen LogP contribution in [0.1, 0.15) is 78.6 Å². The van der Waals surface area contributed by atoms with Gasteiger partial charge in [-0.15, -0.1) is 0 Å². The molecule has 1 saturated carbocycles. The van der Waals surface area contributed by atoms with Gasteiger partial charge in [0, 0.05) is 31.2 Å². The van der Waals surface area contributed by atoms with Crippen molar-refractivity contribution in [1.82, 2.24) is 10.2 Å². The van der Waals surface area contributed by atoms with Gasteiger partial charge in [0.25, 0.3) is 0 Å². The average Bonchev–Trinajstić information content (AvgIpc) is 2.76. The molecule has 2 aliphatic rings. The number of hydrogen-bond acceptors (Lipinski definition) is 2. The number of piperazine rings is 1. The Bertz CT molecular complexity index is 258. The number of rotatable bonds is 5. The van der Waals surface area contributed by atoms with E-state index in [9.17, 15) is 0 Å². The summed E-state index contributed by atoms with van der Waals surface area (Å²) in [4.78, 5) is 2.93. The molecule has 0 aromatic carbocycles. The molecular formula is C18H36N2. The molecule has 0 bridgehead atoms. The summed E-state index contributed by atoms with van der Waals surface area (Å²) in [6.07, 6.45) is 12.7. The van der Waals surface area contributed by atoms with E-state index in [2.05, 4.69) is 31.0 Å². The molecule has 1 heterocycles. The highest BCUT2D eigenvalue weighted by Crippen LogP contribution is 2.28. The third-order valence-corrected chi connectivity index (χ3v) is 5.70. The molecule has 2 nitrogen and oxygen atoms in total. The van der Waals surface area contributed by atoms with Gasteiger partial charge < -0.3 is 5.32 Å². The van der Waals surface area contributed by atoms with Gasteiger partial charge in [0.1, 0.15) is 0 Å². The molecule has 1 N–H and O–H groups in total. The van der Waals surface area contributed by atoms with E-state index in [4.69, 9.17) is 0 Å². The number of nitrogens with zero attached hydrogens (tertiary/aromatic N) is 1. The molecule has 0 aromatic rings. The van der Waals surface area contributed by atoms with E-state index in [1.807, 2.05) is 0 Å². The normalized spacial score (nSPS) is 31.9. The molecule has 3 atom stereocenters. The molecule has 0 amide bonds. The summed E-state index contributed by atoms with van der Waals surface area (Å²) in [5, 5.41) is 3.83. The van der Waals surface area contributed by atoms with Crippen molar-refractivity contribution < 1.29 is 0 Å². The van der Waals surface area contributed by atoms with E-state index >= 15 is 0 Å². The van der Waals surface area contributed by atoms with Crippen LogP contribution in [0.2, 0.25) is 0 Å². The summed E-state index contributed by atoms with van der Waals surface area (Å²) in [7, 11) is 0. The summed E-state index contributed by atoms with van der Waals surface area (Å²) < 4.78 is 0. The van der Waals surface area contributed by atoms with Crippen LogP contribution in [0.3, 0.4) is 0 Å². The van der Waals surface area contributed by atoms with Crippen molar-refractivity contribution in [2.75, 3.05) is 13.1 Å².